The number of aromatic amines is 1. The van der Waals surface area contributed by atoms with Crippen LogP contribution in [0.25, 0.3) is 10.9 Å². The molecule has 3 heteroatoms. The number of aromatic nitrogens is 1. The van der Waals surface area contributed by atoms with Crippen molar-refractivity contribution < 1.29 is 0 Å². The molecule has 1 saturated heterocycles. The van der Waals surface area contributed by atoms with Gasteiger partial charge in [0, 0.05) is 37.4 Å². The highest BCUT2D eigenvalue weighted by atomic mass is 15.1. The van der Waals surface area contributed by atoms with E-state index in [1.165, 1.54) is 16.5 Å². The Morgan fingerprint density at radius 1 is 1.13 bits per heavy atom. The van der Waals surface area contributed by atoms with Gasteiger partial charge in [0.15, 0.2) is 0 Å². The Labute approximate surface area is 88.9 Å². The smallest absolute Gasteiger partial charge is 0.0454 e. The zero-order valence-corrected chi connectivity index (χ0v) is 8.59. The van der Waals surface area contributed by atoms with Crippen LogP contribution in [0.2, 0.25) is 0 Å². The van der Waals surface area contributed by atoms with Crippen LogP contribution in [0.1, 0.15) is 11.6 Å². The average molecular weight is 201 g/mol. The second-order valence-corrected chi connectivity index (χ2v) is 4.04. The number of H-pyrrole nitrogens is 1. The minimum Gasteiger partial charge on any atom is -0.361 e. The first kappa shape index (κ1) is 8.95. The Hall–Kier alpha value is -1.32. The van der Waals surface area contributed by atoms with E-state index < -0.39 is 0 Å². The quantitative estimate of drug-likeness (QED) is 0.652. The fraction of sp³-hybridized carbons (Fsp3) is 0.333. The van der Waals surface area contributed by atoms with E-state index in [1.54, 1.807) is 0 Å². The fourth-order valence-electron chi connectivity index (χ4n) is 2.18. The minimum atomic E-state index is 0.457. The van der Waals surface area contributed by atoms with Gasteiger partial charge in [-0.15, -0.1) is 0 Å². The van der Waals surface area contributed by atoms with Gasteiger partial charge in [-0.25, -0.2) is 0 Å². The van der Waals surface area contributed by atoms with Crippen LogP contribution in [-0.2, 0) is 0 Å². The molecule has 3 N–H and O–H groups in total. The van der Waals surface area contributed by atoms with E-state index in [1.807, 2.05) is 6.20 Å². The van der Waals surface area contributed by atoms with Gasteiger partial charge >= 0.3 is 0 Å². The van der Waals surface area contributed by atoms with E-state index in [0.717, 1.165) is 19.6 Å². The summed E-state index contributed by atoms with van der Waals surface area (Å²) in [4.78, 5) is 3.21. The SMILES string of the molecule is c1cc2cc([C@@H]3CNCCN3)ccc2[nH]1. The molecule has 1 fully saturated rings. The maximum absolute atomic E-state index is 3.52. The molecule has 1 atom stereocenters. The molecular formula is C12H15N3. The molecule has 3 nitrogen and oxygen atoms in total. The highest BCUT2D eigenvalue weighted by molar-refractivity contribution is 5.80. The molecule has 0 aliphatic carbocycles. The molecular weight excluding hydrogens is 186 g/mol. The van der Waals surface area contributed by atoms with Gasteiger partial charge < -0.3 is 15.6 Å². The molecule has 78 valence electrons. The van der Waals surface area contributed by atoms with Crippen LogP contribution in [-0.4, -0.2) is 24.6 Å². The summed E-state index contributed by atoms with van der Waals surface area (Å²) in [5, 5.41) is 8.22. The molecule has 2 heterocycles. The third kappa shape index (κ3) is 1.64. The second kappa shape index (κ2) is 3.68. The number of piperazine rings is 1. The molecule has 1 aliphatic rings. The summed E-state index contributed by atoms with van der Waals surface area (Å²) in [6.45, 7) is 3.15. The van der Waals surface area contributed by atoms with Crippen LogP contribution in [0, 0.1) is 0 Å². The van der Waals surface area contributed by atoms with Gasteiger partial charge in [-0.1, -0.05) is 6.07 Å². The molecule has 15 heavy (non-hydrogen) atoms. The lowest BCUT2D eigenvalue weighted by molar-refractivity contribution is 0.430. The largest absolute Gasteiger partial charge is 0.361 e. The molecule has 2 aromatic rings. The summed E-state index contributed by atoms with van der Waals surface area (Å²) in [7, 11) is 0. The second-order valence-electron chi connectivity index (χ2n) is 4.04. The first-order chi connectivity index (χ1) is 7.43. The summed E-state index contributed by atoms with van der Waals surface area (Å²) in [5.74, 6) is 0. The molecule has 0 spiro atoms. The zero-order chi connectivity index (χ0) is 10.1. The van der Waals surface area contributed by atoms with E-state index >= 15 is 0 Å². The first-order valence-electron chi connectivity index (χ1n) is 5.44. The van der Waals surface area contributed by atoms with Crippen molar-refractivity contribution in [3.05, 3.63) is 36.0 Å². The molecule has 1 aliphatic heterocycles. The van der Waals surface area contributed by atoms with Crippen LogP contribution in [0.4, 0.5) is 0 Å². The summed E-state index contributed by atoms with van der Waals surface area (Å²) >= 11 is 0. The number of hydrogen-bond donors (Lipinski definition) is 3. The minimum absolute atomic E-state index is 0.457. The molecule has 1 aromatic carbocycles. The topological polar surface area (TPSA) is 39.8 Å². The lowest BCUT2D eigenvalue weighted by Crippen LogP contribution is -2.42. The zero-order valence-electron chi connectivity index (χ0n) is 8.59. The molecule has 0 bridgehead atoms. The van der Waals surface area contributed by atoms with Gasteiger partial charge in [0.05, 0.1) is 0 Å². The van der Waals surface area contributed by atoms with Crippen molar-refractivity contribution in [2.45, 2.75) is 6.04 Å². The van der Waals surface area contributed by atoms with Crippen LogP contribution in [0.5, 0.6) is 0 Å². The van der Waals surface area contributed by atoms with Crippen LogP contribution in [0.15, 0.2) is 30.5 Å². The Morgan fingerprint density at radius 3 is 3.00 bits per heavy atom. The monoisotopic (exact) mass is 201 g/mol. The number of fused-ring (bicyclic) bond motifs is 1. The van der Waals surface area contributed by atoms with Gasteiger partial charge in [-0.05, 0) is 29.1 Å². The van der Waals surface area contributed by atoms with Gasteiger partial charge in [-0.3, -0.25) is 0 Å². The van der Waals surface area contributed by atoms with Gasteiger partial charge in [0.25, 0.3) is 0 Å². The van der Waals surface area contributed by atoms with Crippen molar-refractivity contribution in [2.24, 2.45) is 0 Å². The third-order valence-corrected chi connectivity index (χ3v) is 3.02. The average Bonchev–Trinajstić information content (AvgIpc) is 2.77. The normalized spacial score (nSPS) is 22.0. The van der Waals surface area contributed by atoms with Crippen molar-refractivity contribution in [2.75, 3.05) is 19.6 Å². The maximum atomic E-state index is 3.52. The molecule has 0 unspecified atom stereocenters. The van der Waals surface area contributed by atoms with E-state index in [9.17, 15) is 0 Å². The first-order valence-corrected chi connectivity index (χ1v) is 5.44. The van der Waals surface area contributed by atoms with Gasteiger partial charge in [0.1, 0.15) is 0 Å². The van der Waals surface area contributed by atoms with Gasteiger partial charge in [-0.2, -0.15) is 0 Å². The summed E-state index contributed by atoms with van der Waals surface area (Å²) in [6, 6.07) is 9.19. The molecule has 3 rings (SSSR count). The molecule has 0 saturated carbocycles. The Bertz CT molecular complexity index is 455. The van der Waals surface area contributed by atoms with E-state index in [-0.39, 0.29) is 0 Å². The highest BCUT2D eigenvalue weighted by Gasteiger charge is 2.14. The van der Waals surface area contributed by atoms with Crippen LogP contribution >= 0.6 is 0 Å². The number of hydrogen-bond acceptors (Lipinski definition) is 2. The highest BCUT2D eigenvalue weighted by Crippen LogP contribution is 2.19. The van der Waals surface area contributed by atoms with Crippen molar-refractivity contribution in [3.63, 3.8) is 0 Å². The third-order valence-electron chi connectivity index (χ3n) is 3.02. The molecule has 0 amide bonds. The fourth-order valence-corrected chi connectivity index (χ4v) is 2.18. The van der Waals surface area contributed by atoms with Crippen molar-refractivity contribution in [3.8, 4) is 0 Å². The number of rotatable bonds is 1. The van der Waals surface area contributed by atoms with Crippen molar-refractivity contribution in [1.29, 1.82) is 0 Å². The lowest BCUT2D eigenvalue weighted by atomic mass is 10.0. The predicted octanol–water partition coefficient (Wildman–Crippen LogP) is 1.40. The van der Waals surface area contributed by atoms with Gasteiger partial charge in [0.2, 0.25) is 0 Å². The molecule has 0 radical (unpaired) electrons. The number of nitrogens with one attached hydrogen (secondary N) is 3. The maximum Gasteiger partial charge on any atom is 0.0454 e. The summed E-state index contributed by atoms with van der Waals surface area (Å²) in [6.07, 6.45) is 1.99. The van der Waals surface area contributed by atoms with Crippen LogP contribution < -0.4 is 10.6 Å². The van der Waals surface area contributed by atoms with E-state index in [4.69, 9.17) is 0 Å². The predicted molar refractivity (Wildman–Crippen MR) is 61.9 cm³/mol. The van der Waals surface area contributed by atoms with Crippen molar-refractivity contribution >= 4 is 10.9 Å². The van der Waals surface area contributed by atoms with Crippen LogP contribution in [0.3, 0.4) is 0 Å². The number of benzene rings is 1. The Morgan fingerprint density at radius 2 is 2.13 bits per heavy atom. The summed E-state index contributed by atoms with van der Waals surface area (Å²) < 4.78 is 0. The van der Waals surface area contributed by atoms with E-state index in [0.29, 0.717) is 6.04 Å². The molecule has 1 aromatic heterocycles. The van der Waals surface area contributed by atoms with Crippen molar-refractivity contribution in [1.82, 2.24) is 15.6 Å². The van der Waals surface area contributed by atoms with E-state index in [2.05, 4.69) is 39.9 Å². The Kier molecular flexibility index (Phi) is 2.19. The standard InChI is InChI=1S/C12H15N3/c1-2-11-10(3-4-14-11)7-9(1)12-8-13-5-6-15-12/h1-4,7,12-15H,5-6,8H2/t12-/m0/s1. The summed E-state index contributed by atoms with van der Waals surface area (Å²) in [5.41, 5.74) is 2.58. The lowest BCUT2D eigenvalue weighted by Gasteiger charge is -2.24. The Balaban J connectivity index is 1.95.